The number of thiophene rings is 1. The number of nitrogens with one attached hydrogen (secondary N) is 1. The molecule has 0 fully saturated rings. The van der Waals surface area contributed by atoms with Crippen LogP contribution >= 0.6 is 11.3 Å². The lowest BCUT2D eigenvalue weighted by Gasteiger charge is -2.13. The van der Waals surface area contributed by atoms with Crippen LogP contribution in [0.25, 0.3) is 0 Å². The van der Waals surface area contributed by atoms with Crippen molar-refractivity contribution in [2.45, 2.75) is 26.4 Å². The first kappa shape index (κ1) is 11.4. The minimum absolute atomic E-state index is 0.426. The van der Waals surface area contributed by atoms with E-state index in [2.05, 4.69) is 38.6 Å². The van der Waals surface area contributed by atoms with Crippen molar-refractivity contribution in [3.8, 4) is 0 Å². The van der Waals surface area contributed by atoms with Crippen LogP contribution in [0.1, 0.15) is 24.4 Å². The Kier molecular flexibility index (Phi) is 3.74. The summed E-state index contributed by atoms with van der Waals surface area (Å²) in [6.45, 7) is 6.17. The second-order valence-corrected chi connectivity index (χ2v) is 4.68. The molecule has 1 atom stereocenters. The van der Waals surface area contributed by atoms with E-state index in [0.29, 0.717) is 6.04 Å². The molecule has 0 spiro atoms. The number of hydrogen-bond acceptors (Lipinski definition) is 3. The van der Waals surface area contributed by atoms with E-state index in [0.717, 1.165) is 18.9 Å². The van der Waals surface area contributed by atoms with Crippen LogP contribution in [0.4, 0.5) is 0 Å². The van der Waals surface area contributed by atoms with Gasteiger partial charge < -0.3 is 9.88 Å². The van der Waals surface area contributed by atoms with Crippen molar-refractivity contribution >= 4 is 11.3 Å². The Morgan fingerprint density at radius 2 is 2.44 bits per heavy atom. The van der Waals surface area contributed by atoms with Crippen LogP contribution in [0.15, 0.2) is 29.2 Å². The molecule has 2 aromatic heterocycles. The minimum atomic E-state index is 0.426. The highest BCUT2D eigenvalue weighted by Crippen LogP contribution is 2.15. The zero-order valence-corrected chi connectivity index (χ0v) is 10.5. The van der Waals surface area contributed by atoms with Crippen molar-refractivity contribution < 1.29 is 0 Å². The first-order valence-corrected chi connectivity index (χ1v) is 6.45. The van der Waals surface area contributed by atoms with Crippen molar-refractivity contribution in [3.63, 3.8) is 0 Å². The van der Waals surface area contributed by atoms with Gasteiger partial charge in [0.1, 0.15) is 5.82 Å². The topological polar surface area (TPSA) is 29.9 Å². The third-order valence-electron chi connectivity index (χ3n) is 2.77. The highest BCUT2D eigenvalue weighted by molar-refractivity contribution is 7.07. The molecular weight excluding hydrogens is 218 g/mol. The van der Waals surface area contributed by atoms with E-state index in [9.17, 15) is 0 Å². The Morgan fingerprint density at radius 3 is 3.06 bits per heavy atom. The van der Waals surface area contributed by atoms with Crippen molar-refractivity contribution in [2.75, 3.05) is 6.54 Å². The van der Waals surface area contributed by atoms with E-state index in [1.165, 1.54) is 5.56 Å². The predicted molar refractivity (Wildman–Crippen MR) is 67.7 cm³/mol. The van der Waals surface area contributed by atoms with E-state index in [1.807, 2.05) is 19.3 Å². The van der Waals surface area contributed by atoms with Crippen LogP contribution < -0.4 is 5.32 Å². The molecular formula is C12H17N3S. The lowest BCUT2D eigenvalue weighted by molar-refractivity contribution is 0.527. The average Bonchev–Trinajstić information content (AvgIpc) is 2.90. The molecule has 16 heavy (non-hydrogen) atoms. The first-order valence-electron chi connectivity index (χ1n) is 5.50. The smallest absolute Gasteiger partial charge is 0.105 e. The molecule has 0 bridgehead atoms. The lowest BCUT2D eigenvalue weighted by atomic mass is 10.2. The standard InChI is InChI=1S/C12H17N3S/c1-10(12-3-8-16-9-12)13-4-6-15-7-5-14-11(15)2/h3,5,7-10,13H,4,6H2,1-2H3. The summed E-state index contributed by atoms with van der Waals surface area (Å²) in [5.74, 6) is 1.07. The van der Waals surface area contributed by atoms with Gasteiger partial charge in [-0.15, -0.1) is 0 Å². The van der Waals surface area contributed by atoms with Gasteiger partial charge in [-0.1, -0.05) is 0 Å². The van der Waals surface area contributed by atoms with Crippen molar-refractivity contribution in [3.05, 3.63) is 40.6 Å². The van der Waals surface area contributed by atoms with Crippen LogP contribution in [-0.4, -0.2) is 16.1 Å². The van der Waals surface area contributed by atoms with Crippen LogP contribution in [0.5, 0.6) is 0 Å². The van der Waals surface area contributed by atoms with Gasteiger partial charge in [0, 0.05) is 31.5 Å². The molecule has 2 heterocycles. The van der Waals surface area contributed by atoms with Crippen LogP contribution in [-0.2, 0) is 6.54 Å². The predicted octanol–water partition coefficient (Wildman–Crippen LogP) is 2.60. The SMILES string of the molecule is Cc1nccn1CCNC(C)c1ccsc1. The molecule has 0 aliphatic carbocycles. The molecule has 0 radical (unpaired) electrons. The number of imidazole rings is 1. The van der Waals surface area contributed by atoms with E-state index >= 15 is 0 Å². The summed E-state index contributed by atoms with van der Waals surface area (Å²) in [7, 11) is 0. The van der Waals surface area contributed by atoms with E-state index in [4.69, 9.17) is 0 Å². The fraction of sp³-hybridized carbons (Fsp3) is 0.417. The molecule has 0 saturated heterocycles. The number of rotatable bonds is 5. The number of aromatic nitrogens is 2. The van der Waals surface area contributed by atoms with Gasteiger partial charge in [-0.3, -0.25) is 0 Å². The van der Waals surface area contributed by atoms with Gasteiger partial charge in [0.15, 0.2) is 0 Å². The summed E-state index contributed by atoms with van der Waals surface area (Å²) >= 11 is 1.75. The maximum Gasteiger partial charge on any atom is 0.105 e. The Morgan fingerprint density at radius 1 is 1.56 bits per heavy atom. The van der Waals surface area contributed by atoms with Crippen molar-refractivity contribution in [2.24, 2.45) is 0 Å². The number of aryl methyl sites for hydroxylation is 1. The number of nitrogens with zero attached hydrogens (tertiary/aromatic N) is 2. The molecule has 2 aromatic rings. The molecule has 1 unspecified atom stereocenters. The summed E-state index contributed by atoms with van der Waals surface area (Å²) in [6, 6.07) is 2.60. The summed E-state index contributed by atoms with van der Waals surface area (Å²) in [5, 5.41) is 7.82. The highest BCUT2D eigenvalue weighted by atomic mass is 32.1. The molecule has 0 saturated carbocycles. The second kappa shape index (κ2) is 5.27. The monoisotopic (exact) mass is 235 g/mol. The van der Waals surface area contributed by atoms with Gasteiger partial charge in [-0.05, 0) is 36.2 Å². The largest absolute Gasteiger partial charge is 0.334 e. The van der Waals surface area contributed by atoms with Gasteiger partial charge in [-0.2, -0.15) is 11.3 Å². The summed E-state index contributed by atoms with van der Waals surface area (Å²) in [4.78, 5) is 4.20. The fourth-order valence-corrected chi connectivity index (χ4v) is 2.43. The van der Waals surface area contributed by atoms with E-state index in [1.54, 1.807) is 11.3 Å². The van der Waals surface area contributed by atoms with Gasteiger partial charge in [-0.25, -0.2) is 4.98 Å². The minimum Gasteiger partial charge on any atom is -0.334 e. The maximum absolute atomic E-state index is 4.20. The van der Waals surface area contributed by atoms with Crippen LogP contribution in [0, 0.1) is 6.92 Å². The molecule has 0 aliphatic rings. The molecule has 0 amide bonds. The Balaban J connectivity index is 1.78. The molecule has 1 N–H and O–H groups in total. The zero-order valence-electron chi connectivity index (χ0n) is 9.68. The summed E-state index contributed by atoms with van der Waals surface area (Å²) < 4.78 is 2.16. The van der Waals surface area contributed by atoms with Gasteiger partial charge in [0.25, 0.3) is 0 Å². The van der Waals surface area contributed by atoms with Crippen molar-refractivity contribution in [1.29, 1.82) is 0 Å². The third kappa shape index (κ3) is 2.71. The fourth-order valence-electron chi connectivity index (χ4n) is 1.68. The van der Waals surface area contributed by atoms with Gasteiger partial charge >= 0.3 is 0 Å². The highest BCUT2D eigenvalue weighted by Gasteiger charge is 2.04. The van der Waals surface area contributed by atoms with E-state index in [-0.39, 0.29) is 0 Å². The zero-order chi connectivity index (χ0) is 11.4. The second-order valence-electron chi connectivity index (χ2n) is 3.90. The lowest BCUT2D eigenvalue weighted by Crippen LogP contribution is -2.23. The molecule has 86 valence electrons. The molecule has 4 heteroatoms. The quantitative estimate of drug-likeness (QED) is 0.863. The Labute approximate surface area is 100 Å². The van der Waals surface area contributed by atoms with Gasteiger partial charge in [0.2, 0.25) is 0 Å². The Hall–Kier alpha value is -1.13. The molecule has 0 aromatic carbocycles. The summed E-state index contributed by atoms with van der Waals surface area (Å²) in [5.41, 5.74) is 1.37. The Bertz CT molecular complexity index is 419. The number of hydrogen-bond donors (Lipinski definition) is 1. The molecule has 2 rings (SSSR count). The molecule has 0 aliphatic heterocycles. The first-order chi connectivity index (χ1) is 7.77. The van der Waals surface area contributed by atoms with Gasteiger partial charge in [0.05, 0.1) is 0 Å². The average molecular weight is 235 g/mol. The third-order valence-corrected chi connectivity index (χ3v) is 3.47. The van der Waals surface area contributed by atoms with Crippen molar-refractivity contribution in [1.82, 2.24) is 14.9 Å². The van der Waals surface area contributed by atoms with Crippen LogP contribution in [0.3, 0.4) is 0 Å². The normalized spacial score (nSPS) is 12.9. The van der Waals surface area contributed by atoms with E-state index < -0.39 is 0 Å². The van der Waals surface area contributed by atoms with Crippen LogP contribution in [0.2, 0.25) is 0 Å². The maximum atomic E-state index is 4.20. The summed E-state index contributed by atoms with van der Waals surface area (Å²) in [6.07, 6.45) is 3.86. The molecule has 3 nitrogen and oxygen atoms in total.